The molecule has 2 rings (SSSR count). The third-order valence-corrected chi connectivity index (χ3v) is 4.58. The van der Waals surface area contributed by atoms with Crippen LogP contribution in [0.1, 0.15) is 38.2 Å². The van der Waals surface area contributed by atoms with Crippen LogP contribution in [0.3, 0.4) is 0 Å². The van der Waals surface area contributed by atoms with Crippen LogP contribution in [-0.4, -0.2) is 18.0 Å². The first-order valence-corrected chi connectivity index (χ1v) is 7.45. The summed E-state index contributed by atoms with van der Waals surface area (Å²) in [5, 5.41) is 0.964. The molecule has 0 atom stereocenters. The molecule has 1 aliphatic rings. The number of carbonyl (C=O) groups is 1. The molecule has 0 aliphatic heterocycles. The van der Waals surface area contributed by atoms with Crippen molar-refractivity contribution < 1.29 is 9.53 Å². The zero-order valence-corrected chi connectivity index (χ0v) is 12.6. The summed E-state index contributed by atoms with van der Waals surface area (Å²) in [6, 6.07) is 5.39. The third kappa shape index (κ3) is 3.13. The Hall–Kier alpha value is -0.570. The van der Waals surface area contributed by atoms with E-state index in [0.29, 0.717) is 23.1 Å². The zero-order chi connectivity index (χ0) is 13.9. The number of hydrogen-bond donors (Lipinski definition) is 0. The fourth-order valence-corrected chi connectivity index (χ4v) is 3.13. The van der Waals surface area contributed by atoms with Crippen LogP contribution >= 0.6 is 23.2 Å². The number of rotatable bonds is 5. The molecule has 19 heavy (non-hydrogen) atoms. The molecule has 4 heteroatoms. The molecule has 0 spiro atoms. The maximum Gasteiger partial charge on any atom is 0.169 e. The lowest BCUT2D eigenvalue weighted by atomic mass is 9.91. The summed E-state index contributed by atoms with van der Waals surface area (Å²) in [5.41, 5.74) is 0.186. The van der Waals surface area contributed by atoms with Crippen LogP contribution in [0.4, 0.5) is 0 Å². The van der Waals surface area contributed by atoms with Crippen molar-refractivity contribution in [3.63, 3.8) is 0 Å². The fourth-order valence-electron chi connectivity index (χ4n) is 2.75. The Morgan fingerprint density at radius 3 is 2.63 bits per heavy atom. The largest absolute Gasteiger partial charge is 0.367 e. The van der Waals surface area contributed by atoms with Crippen LogP contribution in [0.5, 0.6) is 0 Å². The summed E-state index contributed by atoms with van der Waals surface area (Å²) in [6.07, 6.45) is 4.03. The fraction of sp³-hybridized carbons (Fsp3) is 0.533. The van der Waals surface area contributed by atoms with Gasteiger partial charge < -0.3 is 4.74 Å². The van der Waals surface area contributed by atoms with E-state index in [-0.39, 0.29) is 5.78 Å². The molecule has 1 saturated carbocycles. The first-order chi connectivity index (χ1) is 9.09. The van der Waals surface area contributed by atoms with Crippen LogP contribution in [0, 0.1) is 0 Å². The minimum Gasteiger partial charge on any atom is -0.367 e. The van der Waals surface area contributed by atoms with Crippen molar-refractivity contribution in [2.45, 2.75) is 44.6 Å². The first kappa shape index (κ1) is 14.8. The van der Waals surface area contributed by atoms with E-state index in [0.717, 1.165) is 31.2 Å². The number of halogens is 2. The van der Waals surface area contributed by atoms with E-state index < -0.39 is 5.60 Å². The lowest BCUT2D eigenvalue weighted by Crippen LogP contribution is -2.40. The maximum atomic E-state index is 12.6. The number of ether oxygens (including phenoxy) is 1. The molecule has 0 heterocycles. The molecule has 0 unspecified atom stereocenters. The van der Waals surface area contributed by atoms with Crippen molar-refractivity contribution in [3.8, 4) is 0 Å². The highest BCUT2D eigenvalue weighted by Gasteiger charge is 2.41. The predicted octanol–water partition coefficient (Wildman–Crippen LogP) is 4.45. The highest BCUT2D eigenvalue weighted by Crippen LogP contribution is 2.36. The summed E-state index contributed by atoms with van der Waals surface area (Å²) in [4.78, 5) is 12.6. The Balaban J connectivity index is 2.17. The number of carbonyl (C=O) groups excluding carboxylic acids is 1. The molecule has 2 nitrogen and oxygen atoms in total. The molecule has 0 saturated heterocycles. The normalized spacial score (nSPS) is 17.6. The van der Waals surface area contributed by atoms with E-state index in [4.69, 9.17) is 27.9 Å². The van der Waals surface area contributed by atoms with Crippen molar-refractivity contribution in [3.05, 3.63) is 33.8 Å². The van der Waals surface area contributed by atoms with Crippen molar-refractivity contribution in [1.82, 2.24) is 0 Å². The van der Waals surface area contributed by atoms with Gasteiger partial charge in [-0.3, -0.25) is 4.79 Å². The zero-order valence-electron chi connectivity index (χ0n) is 11.0. The highest BCUT2D eigenvalue weighted by atomic mass is 35.5. The van der Waals surface area contributed by atoms with E-state index in [1.165, 1.54) is 0 Å². The maximum absolute atomic E-state index is 12.6. The second kappa shape index (κ2) is 6.25. The van der Waals surface area contributed by atoms with Crippen LogP contribution < -0.4 is 0 Å². The summed E-state index contributed by atoms with van der Waals surface area (Å²) >= 11 is 12.1. The second-order valence-corrected chi connectivity index (χ2v) is 5.73. The first-order valence-electron chi connectivity index (χ1n) is 6.69. The van der Waals surface area contributed by atoms with Gasteiger partial charge in [0, 0.05) is 13.0 Å². The summed E-state index contributed by atoms with van der Waals surface area (Å²) in [5.74, 6) is 0.121. The van der Waals surface area contributed by atoms with Gasteiger partial charge in [0.05, 0.1) is 10.0 Å². The highest BCUT2D eigenvalue weighted by molar-refractivity contribution is 6.42. The van der Waals surface area contributed by atoms with Gasteiger partial charge in [0.2, 0.25) is 0 Å². The van der Waals surface area contributed by atoms with E-state index >= 15 is 0 Å². The third-order valence-electron chi connectivity index (χ3n) is 3.72. The Morgan fingerprint density at radius 2 is 2.00 bits per heavy atom. The van der Waals surface area contributed by atoms with E-state index in [2.05, 4.69) is 0 Å². The molecule has 104 valence electrons. The molecule has 1 aliphatic carbocycles. The number of hydrogen-bond acceptors (Lipinski definition) is 2. The van der Waals surface area contributed by atoms with E-state index in [1.807, 2.05) is 19.1 Å². The van der Waals surface area contributed by atoms with Crippen LogP contribution in [0.25, 0.3) is 0 Å². The van der Waals surface area contributed by atoms with Gasteiger partial charge in [-0.25, -0.2) is 0 Å². The minimum absolute atomic E-state index is 0.121. The molecular formula is C15H18Cl2O2. The summed E-state index contributed by atoms with van der Waals surface area (Å²) < 4.78 is 5.77. The number of ketones is 1. The Kier molecular flexibility index (Phi) is 4.88. The molecule has 0 amide bonds. The topological polar surface area (TPSA) is 26.3 Å². The van der Waals surface area contributed by atoms with Crippen molar-refractivity contribution >= 4 is 29.0 Å². The van der Waals surface area contributed by atoms with Gasteiger partial charge in [0.25, 0.3) is 0 Å². The number of benzene rings is 1. The van der Waals surface area contributed by atoms with Crippen LogP contribution in [-0.2, 0) is 16.0 Å². The molecule has 1 aromatic rings. The van der Waals surface area contributed by atoms with Gasteiger partial charge >= 0.3 is 0 Å². The Bertz CT molecular complexity index is 465. The predicted molar refractivity (Wildman–Crippen MR) is 78.0 cm³/mol. The molecule has 1 aromatic carbocycles. The van der Waals surface area contributed by atoms with Gasteiger partial charge in [0.1, 0.15) is 5.60 Å². The molecule has 0 radical (unpaired) electrons. The lowest BCUT2D eigenvalue weighted by molar-refractivity contribution is -0.142. The molecule has 0 bridgehead atoms. The van der Waals surface area contributed by atoms with Crippen molar-refractivity contribution in [1.29, 1.82) is 0 Å². The minimum atomic E-state index is -0.597. The van der Waals surface area contributed by atoms with E-state index in [1.54, 1.807) is 6.07 Å². The van der Waals surface area contributed by atoms with Gasteiger partial charge in [-0.2, -0.15) is 0 Å². The molecule has 0 N–H and O–H groups in total. The molecular weight excluding hydrogens is 283 g/mol. The monoisotopic (exact) mass is 300 g/mol. The van der Waals surface area contributed by atoms with Crippen molar-refractivity contribution in [2.24, 2.45) is 0 Å². The standard InChI is InChI=1S/C15H18Cl2O2/c1-2-19-15(8-3-4-9-15)13(18)10-11-6-5-7-12(16)14(11)17/h5-7H,2-4,8-10H2,1H3. The lowest BCUT2D eigenvalue weighted by Gasteiger charge is -2.27. The van der Waals surface area contributed by atoms with Crippen LogP contribution in [0.2, 0.25) is 10.0 Å². The van der Waals surface area contributed by atoms with Gasteiger partial charge in [-0.05, 0) is 44.2 Å². The quantitative estimate of drug-likeness (QED) is 0.803. The van der Waals surface area contributed by atoms with Gasteiger partial charge in [-0.15, -0.1) is 0 Å². The van der Waals surface area contributed by atoms with Gasteiger partial charge in [0.15, 0.2) is 5.78 Å². The molecule has 1 fully saturated rings. The van der Waals surface area contributed by atoms with Gasteiger partial charge in [-0.1, -0.05) is 35.3 Å². The second-order valence-electron chi connectivity index (χ2n) is 4.95. The average molecular weight is 301 g/mol. The van der Waals surface area contributed by atoms with Crippen LogP contribution in [0.15, 0.2) is 18.2 Å². The molecule has 0 aromatic heterocycles. The van der Waals surface area contributed by atoms with E-state index in [9.17, 15) is 4.79 Å². The SMILES string of the molecule is CCOC1(C(=O)Cc2cccc(Cl)c2Cl)CCCC1. The summed E-state index contributed by atoms with van der Waals surface area (Å²) in [7, 11) is 0. The Labute approximate surface area is 124 Å². The smallest absolute Gasteiger partial charge is 0.169 e. The summed E-state index contributed by atoms with van der Waals surface area (Å²) in [6.45, 7) is 2.49. The Morgan fingerprint density at radius 1 is 1.32 bits per heavy atom. The van der Waals surface area contributed by atoms with Crippen molar-refractivity contribution in [2.75, 3.05) is 6.61 Å². The average Bonchev–Trinajstić information content (AvgIpc) is 2.85. The number of Topliss-reactive ketones (excluding diaryl/α,β-unsaturated/α-hetero) is 1.